The Morgan fingerprint density at radius 1 is 1.00 bits per heavy atom. The molecule has 22 heavy (non-hydrogen) atoms. The molecule has 1 N–H and O–H groups in total. The lowest BCUT2D eigenvalue weighted by Gasteiger charge is -2.24. The third-order valence-corrected chi connectivity index (χ3v) is 4.78. The summed E-state index contributed by atoms with van der Waals surface area (Å²) in [6.07, 6.45) is 13.1. The quantitative estimate of drug-likeness (QED) is 0.557. The average Bonchev–Trinajstić information content (AvgIpc) is 2.55. The van der Waals surface area contributed by atoms with E-state index in [0.717, 1.165) is 25.9 Å². The molecule has 1 fully saturated rings. The molecular weight excluding hydrogens is 389 g/mol. The average molecular weight is 415 g/mol. The standard InChI is InChI=1S/C17H26IN3O/c18-20-16-15(11-10-12-19-16)17(22)21-13-8-6-4-2-1-3-5-7-9-14-21/h10-12H,1-9,13-14H2,(H,19,20). The molecule has 1 aliphatic rings. The Kier molecular flexibility index (Phi) is 7.98. The SMILES string of the molecule is O=C(c1cccnc1NI)N1CCCCCCCCCCC1. The number of rotatable bonds is 2. The van der Waals surface area contributed by atoms with Gasteiger partial charge in [-0.3, -0.25) is 4.79 Å². The summed E-state index contributed by atoms with van der Waals surface area (Å²) in [5, 5.41) is 0. The van der Waals surface area contributed by atoms with Crippen molar-refractivity contribution in [2.75, 3.05) is 16.6 Å². The van der Waals surface area contributed by atoms with Crippen molar-refractivity contribution >= 4 is 34.6 Å². The van der Waals surface area contributed by atoms with Gasteiger partial charge in [-0.25, -0.2) is 4.98 Å². The summed E-state index contributed by atoms with van der Waals surface area (Å²) < 4.78 is 3.00. The number of aromatic nitrogens is 1. The van der Waals surface area contributed by atoms with Gasteiger partial charge in [0.2, 0.25) is 0 Å². The molecule has 0 radical (unpaired) electrons. The van der Waals surface area contributed by atoms with Crippen LogP contribution in [0.15, 0.2) is 18.3 Å². The molecule has 1 aliphatic heterocycles. The molecule has 4 nitrogen and oxygen atoms in total. The Labute approximate surface area is 147 Å². The van der Waals surface area contributed by atoms with Crippen molar-refractivity contribution in [2.24, 2.45) is 0 Å². The minimum absolute atomic E-state index is 0.115. The second kappa shape index (κ2) is 10.0. The molecule has 0 aliphatic carbocycles. The number of carbonyl (C=O) groups excluding carboxylic acids is 1. The number of nitrogens with zero attached hydrogens (tertiary/aromatic N) is 2. The van der Waals surface area contributed by atoms with Crippen LogP contribution in [0, 0.1) is 0 Å². The summed E-state index contributed by atoms with van der Waals surface area (Å²) in [4.78, 5) is 19.1. The zero-order chi connectivity index (χ0) is 15.6. The Morgan fingerprint density at radius 2 is 1.55 bits per heavy atom. The monoisotopic (exact) mass is 415 g/mol. The summed E-state index contributed by atoms with van der Waals surface area (Å²) in [5.74, 6) is 0.781. The first-order valence-electron chi connectivity index (χ1n) is 8.44. The van der Waals surface area contributed by atoms with Crippen LogP contribution in [0.25, 0.3) is 0 Å². The van der Waals surface area contributed by atoms with Gasteiger partial charge in [0, 0.05) is 19.3 Å². The van der Waals surface area contributed by atoms with Gasteiger partial charge in [-0.1, -0.05) is 44.9 Å². The number of anilines is 1. The third kappa shape index (κ3) is 5.41. The maximum Gasteiger partial charge on any atom is 0.257 e. The zero-order valence-corrected chi connectivity index (χ0v) is 15.3. The molecular formula is C17H26IN3O. The van der Waals surface area contributed by atoms with Gasteiger partial charge in [0.25, 0.3) is 5.91 Å². The van der Waals surface area contributed by atoms with Gasteiger partial charge in [0.05, 0.1) is 28.4 Å². The van der Waals surface area contributed by atoms with E-state index in [9.17, 15) is 4.79 Å². The maximum atomic E-state index is 12.8. The van der Waals surface area contributed by atoms with Crippen LogP contribution in [0.2, 0.25) is 0 Å². The van der Waals surface area contributed by atoms with Crippen molar-refractivity contribution in [2.45, 2.75) is 57.8 Å². The highest BCUT2D eigenvalue weighted by Crippen LogP contribution is 2.18. The number of carbonyl (C=O) groups is 1. The number of hydrogen-bond acceptors (Lipinski definition) is 3. The van der Waals surface area contributed by atoms with E-state index in [2.05, 4.69) is 8.51 Å². The molecule has 0 spiro atoms. The topological polar surface area (TPSA) is 45.2 Å². The van der Waals surface area contributed by atoms with Crippen LogP contribution >= 0.6 is 22.9 Å². The van der Waals surface area contributed by atoms with E-state index >= 15 is 0 Å². The smallest absolute Gasteiger partial charge is 0.257 e. The minimum Gasteiger partial charge on any atom is -0.339 e. The Morgan fingerprint density at radius 3 is 2.09 bits per heavy atom. The van der Waals surface area contributed by atoms with Crippen LogP contribution in [0.1, 0.15) is 68.1 Å². The van der Waals surface area contributed by atoms with Gasteiger partial charge >= 0.3 is 0 Å². The second-order valence-electron chi connectivity index (χ2n) is 5.97. The highest BCUT2D eigenvalue weighted by Gasteiger charge is 2.19. The first kappa shape index (κ1) is 17.5. The lowest BCUT2D eigenvalue weighted by molar-refractivity contribution is 0.0749. The van der Waals surface area contributed by atoms with E-state index in [0.29, 0.717) is 11.4 Å². The number of pyridine rings is 1. The third-order valence-electron chi connectivity index (χ3n) is 4.27. The van der Waals surface area contributed by atoms with Crippen molar-refractivity contribution in [1.82, 2.24) is 9.88 Å². The Bertz CT molecular complexity index is 455. The van der Waals surface area contributed by atoms with Gasteiger partial charge in [-0.15, -0.1) is 0 Å². The summed E-state index contributed by atoms with van der Waals surface area (Å²) >= 11 is 2.03. The van der Waals surface area contributed by atoms with Crippen molar-refractivity contribution in [3.05, 3.63) is 23.9 Å². The molecule has 1 saturated heterocycles. The normalized spacial score (nSPS) is 18.1. The molecule has 1 aromatic heterocycles. The summed E-state index contributed by atoms with van der Waals surface area (Å²) in [7, 11) is 0. The molecule has 0 saturated carbocycles. The van der Waals surface area contributed by atoms with Crippen LogP contribution in [0.3, 0.4) is 0 Å². The fourth-order valence-electron chi connectivity index (χ4n) is 2.98. The highest BCUT2D eigenvalue weighted by atomic mass is 127. The van der Waals surface area contributed by atoms with Crippen molar-refractivity contribution < 1.29 is 4.79 Å². The molecule has 0 bridgehead atoms. The fraction of sp³-hybridized carbons (Fsp3) is 0.647. The molecule has 1 amide bonds. The molecule has 0 aromatic carbocycles. The van der Waals surface area contributed by atoms with Crippen molar-refractivity contribution in [3.63, 3.8) is 0 Å². The predicted octanol–water partition coefficient (Wildman–Crippen LogP) is 4.81. The van der Waals surface area contributed by atoms with E-state index in [1.807, 2.05) is 39.9 Å². The predicted molar refractivity (Wildman–Crippen MR) is 99.3 cm³/mol. The second-order valence-corrected chi connectivity index (χ2v) is 6.51. The molecule has 0 unspecified atom stereocenters. The van der Waals surface area contributed by atoms with Crippen LogP contribution < -0.4 is 3.53 Å². The zero-order valence-electron chi connectivity index (χ0n) is 13.2. The van der Waals surface area contributed by atoms with E-state index in [1.165, 1.54) is 44.9 Å². The van der Waals surface area contributed by atoms with Gasteiger partial charge < -0.3 is 8.43 Å². The van der Waals surface area contributed by atoms with Crippen molar-refractivity contribution in [3.8, 4) is 0 Å². The van der Waals surface area contributed by atoms with E-state index < -0.39 is 0 Å². The van der Waals surface area contributed by atoms with E-state index in [-0.39, 0.29) is 5.91 Å². The van der Waals surface area contributed by atoms with Gasteiger partial charge in [0.1, 0.15) is 5.82 Å². The minimum atomic E-state index is 0.115. The van der Waals surface area contributed by atoms with E-state index in [4.69, 9.17) is 0 Å². The first-order valence-corrected chi connectivity index (χ1v) is 9.52. The Balaban J connectivity index is 2.03. The number of amides is 1. The summed E-state index contributed by atoms with van der Waals surface area (Å²) in [5.41, 5.74) is 0.684. The molecule has 5 heteroatoms. The largest absolute Gasteiger partial charge is 0.339 e. The highest BCUT2D eigenvalue weighted by molar-refractivity contribution is 14.1. The lowest BCUT2D eigenvalue weighted by Crippen LogP contribution is -2.33. The van der Waals surface area contributed by atoms with Gasteiger partial charge in [-0.05, 0) is 25.0 Å². The number of halogens is 1. The molecule has 0 atom stereocenters. The van der Waals surface area contributed by atoms with Gasteiger partial charge in [0.15, 0.2) is 0 Å². The molecule has 122 valence electrons. The lowest BCUT2D eigenvalue weighted by atomic mass is 10.1. The van der Waals surface area contributed by atoms with Gasteiger partial charge in [-0.2, -0.15) is 0 Å². The van der Waals surface area contributed by atoms with Crippen LogP contribution in [-0.2, 0) is 0 Å². The summed E-state index contributed by atoms with van der Waals surface area (Å²) in [6, 6.07) is 3.70. The molecule has 2 heterocycles. The fourth-order valence-corrected chi connectivity index (χ4v) is 3.41. The van der Waals surface area contributed by atoms with Crippen LogP contribution in [0.4, 0.5) is 5.82 Å². The van der Waals surface area contributed by atoms with Crippen LogP contribution in [-0.4, -0.2) is 28.9 Å². The summed E-state index contributed by atoms with van der Waals surface area (Å²) in [6.45, 7) is 1.74. The van der Waals surface area contributed by atoms with Crippen molar-refractivity contribution in [1.29, 1.82) is 0 Å². The van der Waals surface area contributed by atoms with E-state index in [1.54, 1.807) is 6.20 Å². The number of nitrogens with one attached hydrogen (secondary N) is 1. The Hall–Kier alpha value is -0.850. The van der Waals surface area contributed by atoms with Crippen LogP contribution in [0.5, 0.6) is 0 Å². The molecule has 1 aromatic rings. The molecule has 2 rings (SSSR count). The maximum absolute atomic E-state index is 12.8. The first-order chi connectivity index (χ1) is 10.8. The number of hydrogen-bond donors (Lipinski definition) is 1.